The van der Waals surface area contributed by atoms with Gasteiger partial charge in [0.1, 0.15) is 0 Å². The van der Waals surface area contributed by atoms with E-state index in [-0.39, 0.29) is 5.91 Å². The topological polar surface area (TPSA) is 32.8 Å². The third-order valence-electron chi connectivity index (χ3n) is 4.56. The van der Waals surface area contributed by atoms with E-state index in [0.29, 0.717) is 19.7 Å². The first-order valence-electron chi connectivity index (χ1n) is 8.82. The standard InChI is InChI=1S/C21H26N2O2/c1-22(2)13-14-23(16-17-8-4-3-5-9-17)21(24)20-19-11-7-6-10-18(19)12-15-25-20/h3-11,20H,12-16H2,1-2H3. The second-order valence-corrected chi connectivity index (χ2v) is 6.75. The third kappa shape index (κ3) is 4.47. The van der Waals surface area contributed by atoms with Crippen LogP contribution in [0.1, 0.15) is 22.8 Å². The van der Waals surface area contributed by atoms with Crippen molar-refractivity contribution in [1.82, 2.24) is 9.80 Å². The fraction of sp³-hybridized carbons (Fsp3) is 0.381. The molecule has 2 aromatic rings. The Labute approximate surface area is 150 Å². The van der Waals surface area contributed by atoms with Crippen molar-refractivity contribution in [3.8, 4) is 0 Å². The Balaban J connectivity index is 1.81. The van der Waals surface area contributed by atoms with Crippen molar-refractivity contribution in [2.45, 2.75) is 19.1 Å². The summed E-state index contributed by atoms with van der Waals surface area (Å²) in [6.07, 6.45) is 0.381. The van der Waals surface area contributed by atoms with Crippen LogP contribution in [0.25, 0.3) is 0 Å². The molecule has 132 valence electrons. The molecule has 0 N–H and O–H groups in total. The zero-order valence-corrected chi connectivity index (χ0v) is 15.0. The number of fused-ring (bicyclic) bond motifs is 1. The number of hydrogen-bond donors (Lipinski definition) is 0. The van der Waals surface area contributed by atoms with Gasteiger partial charge in [0.15, 0.2) is 6.10 Å². The molecule has 0 spiro atoms. The van der Waals surface area contributed by atoms with E-state index in [1.165, 1.54) is 5.56 Å². The van der Waals surface area contributed by atoms with Gasteiger partial charge in [-0.05, 0) is 37.2 Å². The maximum atomic E-state index is 13.3. The minimum atomic E-state index is -0.490. The number of hydrogen-bond acceptors (Lipinski definition) is 3. The number of carbonyl (C=O) groups excluding carboxylic acids is 1. The second-order valence-electron chi connectivity index (χ2n) is 6.75. The summed E-state index contributed by atoms with van der Waals surface area (Å²) in [6.45, 7) is 2.71. The summed E-state index contributed by atoms with van der Waals surface area (Å²) in [7, 11) is 4.05. The van der Waals surface area contributed by atoms with E-state index < -0.39 is 6.10 Å². The zero-order chi connectivity index (χ0) is 17.6. The molecule has 0 saturated heterocycles. The summed E-state index contributed by atoms with van der Waals surface area (Å²) < 4.78 is 5.89. The van der Waals surface area contributed by atoms with Crippen LogP contribution < -0.4 is 0 Å². The third-order valence-corrected chi connectivity index (χ3v) is 4.56. The molecule has 1 amide bonds. The zero-order valence-electron chi connectivity index (χ0n) is 15.0. The van der Waals surface area contributed by atoms with Crippen LogP contribution in [0.3, 0.4) is 0 Å². The molecule has 0 bridgehead atoms. The van der Waals surface area contributed by atoms with Crippen molar-refractivity contribution >= 4 is 5.91 Å². The smallest absolute Gasteiger partial charge is 0.256 e. The van der Waals surface area contributed by atoms with Crippen LogP contribution in [-0.4, -0.2) is 49.5 Å². The summed E-state index contributed by atoms with van der Waals surface area (Å²) in [6, 6.07) is 18.3. The molecular formula is C21H26N2O2. The van der Waals surface area contributed by atoms with Crippen molar-refractivity contribution in [3.63, 3.8) is 0 Å². The van der Waals surface area contributed by atoms with Gasteiger partial charge in [-0.1, -0.05) is 54.6 Å². The lowest BCUT2D eigenvalue weighted by Gasteiger charge is -2.31. The van der Waals surface area contributed by atoms with Crippen LogP contribution in [-0.2, 0) is 22.5 Å². The van der Waals surface area contributed by atoms with Crippen LogP contribution in [0.5, 0.6) is 0 Å². The van der Waals surface area contributed by atoms with Crippen molar-refractivity contribution < 1.29 is 9.53 Å². The second kappa shape index (κ2) is 8.28. The van der Waals surface area contributed by atoms with E-state index in [2.05, 4.69) is 23.1 Å². The van der Waals surface area contributed by atoms with Crippen LogP contribution >= 0.6 is 0 Å². The molecular weight excluding hydrogens is 312 g/mol. The van der Waals surface area contributed by atoms with E-state index >= 15 is 0 Å². The highest BCUT2D eigenvalue weighted by Gasteiger charge is 2.30. The normalized spacial score (nSPS) is 16.5. The summed E-state index contributed by atoms with van der Waals surface area (Å²) in [5, 5.41) is 0. The molecule has 0 aliphatic carbocycles. The Hall–Kier alpha value is -2.17. The van der Waals surface area contributed by atoms with Crippen molar-refractivity contribution in [3.05, 3.63) is 71.3 Å². The van der Waals surface area contributed by atoms with E-state index in [0.717, 1.165) is 24.1 Å². The van der Waals surface area contributed by atoms with Crippen LogP contribution in [0.15, 0.2) is 54.6 Å². The molecule has 1 atom stereocenters. The average molecular weight is 338 g/mol. The Kier molecular flexibility index (Phi) is 5.84. The number of ether oxygens (including phenoxy) is 1. The SMILES string of the molecule is CN(C)CCN(Cc1ccccc1)C(=O)C1OCCc2ccccc21. The predicted octanol–water partition coefficient (Wildman–Crippen LogP) is 2.89. The van der Waals surface area contributed by atoms with Crippen LogP contribution in [0.2, 0.25) is 0 Å². The van der Waals surface area contributed by atoms with Gasteiger partial charge in [-0.2, -0.15) is 0 Å². The highest BCUT2D eigenvalue weighted by atomic mass is 16.5. The fourth-order valence-corrected chi connectivity index (χ4v) is 3.16. The van der Waals surface area contributed by atoms with Gasteiger partial charge < -0.3 is 14.5 Å². The molecule has 4 nitrogen and oxygen atoms in total. The Morgan fingerprint density at radius 3 is 2.52 bits per heavy atom. The minimum Gasteiger partial charge on any atom is -0.363 e. The van der Waals surface area contributed by atoms with Gasteiger partial charge in [0.2, 0.25) is 0 Å². The average Bonchev–Trinajstić information content (AvgIpc) is 2.65. The monoisotopic (exact) mass is 338 g/mol. The summed E-state index contributed by atoms with van der Waals surface area (Å²) >= 11 is 0. The van der Waals surface area contributed by atoms with E-state index in [1.54, 1.807) is 0 Å². The summed E-state index contributed by atoms with van der Waals surface area (Å²) in [5.74, 6) is 0.0536. The van der Waals surface area contributed by atoms with Crippen LogP contribution in [0, 0.1) is 0 Å². The largest absolute Gasteiger partial charge is 0.363 e. The lowest BCUT2D eigenvalue weighted by molar-refractivity contribution is -0.146. The van der Waals surface area contributed by atoms with Gasteiger partial charge in [-0.25, -0.2) is 0 Å². The fourth-order valence-electron chi connectivity index (χ4n) is 3.16. The first kappa shape index (κ1) is 17.6. The molecule has 0 aromatic heterocycles. The number of carbonyl (C=O) groups is 1. The Bertz CT molecular complexity index is 700. The number of amides is 1. The maximum absolute atomic E-state index is 13.3. The Morgan fingerprint density at radius 1 is 1.04 bits per heavy atom. The predicted molar refractivity (Wildman–Crippen MR) is 99.3 cm³/mol. The molecule has 0 fully saturated rings. The minimum absolute atomic E-state index is 0.0536. The van der Waals surface area contributed by atoms with E-state index in [9.17, 15) is 4.79 Å². The van der Waals surface area contributed by atoms with E-state index in [4.69, 9.17) is 4.74 Å². The first-order chi connectivity index (χ1) is 12.1. The Morgan fingerprint density at radius 2 is 1.76 bits per heavy atom. The van der Waals surface area contributed by atoms with Crippen molar-refractivity contribution in [1.29, 1.82) is 0 Å². The lowest BCUT2D eigenvalue weighted by Crippen LogP contribution is -2.41. The van der Waals surface area contributed by atoms with Crippen molar-refractivity contribution in [2.75, 3.05) is 33.8 Å². The number of benzene rings is 2. The molecule has 1 unspecified atom stereocenters. The highest BCUT2D eigenvalue weighted by Crippen LogP contribution is 2.29. The molecule has 1 aliphatic heterocycles. The molecule has 25 heavy (non-hydrogen) atoms. The van der Waals surface area contributed by atoms with E-state index in [1.807, 2.05) is 55.4 Å². The van der Waals surface area contributed by atoms with Crippen LogP contribution in [0.4, 0.5) is 0 Å². The molecule has 0 saturated carbocycles. The molecule has 3 rings (SSSR count). The first-order valence-corrected chi connectivity index (χ1v) is 8.82. The summed E-state index contributed by atoms with van der Waals surface area (Å²) in [4.78, 5) is 17.3. The maximum Gasteiger partial charge on any atom is 0.256 e. The van der Waals surface area contributed by atoms with Gasteiger partial charge in [-0.15, -0.1) is 0 Å². The molecule has 0 radical (unpaired) electrons. The van der Waals surface area contributed by atoms with Gasteiger partial charge in [-0.3, -0.25) is 4.79 Å². The number of likely N-dealkylation sites (N-methyl/N-ethyl adjacent to an activating group) is 1. The number of rotatable bonds is 6. The molecule has 2 aromatic carbocycles. The highest BCUT2D eigenvalue weighted by molar-refractivity contribution is 5.83. The summed E-state index contributed by atoms with van der Waals surface area (Å²) in [5.41, 5.74) is 3.37. The number of nitrogens with zero attached hydrogens (tertiary/aromatic N) is 2. The lowest BCUT2D eigenvalue weighted by atomic mass is 9.96. The van der Waals surface area contributed by atoms with Crippen molar-refractivity contribution in [2.24, 2.45) is 0 Å². The van der Waals surface area contributed by atoms with Gasteiger partial charge in [0.25, 0.3) is 5.91 Å². The molecule has 1 aliphatic rings. The van der Waals surface area contributed by atoms with Gasteiger partial charge >= 0.3 is 0 Å². The van der Waals surface area contributed by atoms with Gasteiger partial charge in [0, 0.05) is 19.6 Å². The quantitative estimate of drug-likeness (QED) is 0.812. The molecule has 1 heterocycles. The molecule has 4 heteroatoms. The van der Waals surface area contributed by atoms with Gasteiger partial charge in [0.05, 0.1) is 6.61 Å².